The van der Waals surface area contributed by atoms with Gasteiger partial charge in [-0.2, -0.15) is 0 Å². The van der Waals surface area contributed by atoms with Crippen LogP contribution in [0.3, 0.4) is 0 Å². The number of carbonyl (C=O) groups excluding carboxylic acids is 1. The van der Waals surface area contributed by atoms with E-state index in [2.05, 4.69) is 5.32 Å². The van der Waals surface area contributed by atoms with Crippen molar-refractivity contribution >= 4 is 28.6 Å². The molecule has 0 bridgehead atoms. The molecule has 8 heteroatoms. The number of ether oxygens (including phenoxy) is 1. The van der Waals surface area contributed by atoms with Crippen LogP contribution in [0.25, 0.3) is 0 Å². The largest absolute Gasteiger partial charge is 0.491 e. The summed E-state index contributed by atoms with van der Waals surface area (Å²) in [5, 5.41) is 11.4. The van der Waals surface area contributed by atoms with E-state index in [4.69, 9.17) is 14.4 Å². The molecule has 0 aliphatic heterocycles. The van der Waals surface area contributed by atoms with E-state index in [-0.39, 0.29) is 18.1 Å². The van der Waals surface area contributed by atoms with Gasteiger partial charge in [-0.25, -0.2) is 4.21 Å². The highest BCUT2D eigenvalue weighted by molar-refractivity contribution is 7.79. The van der Waals surface area contributed by atoms with Crippen molar-refractivity contribution < 1.29 is 28.2 Å². The van der Waals surface area contributed by atoms with Gasteiger partial charge in [0.2, 0.25) is 5.91 Å². The van der Waals surface area contributed by atoms with Crippen LogP contribution < -0.4 is 10.1 Å². The lowest BCUT2D eigenvalue weighted by Gasteiger charge is -2.12. The maximum absolute atomic E-state index is 12.1. The van der Waals surface area contributed by atoms with Gasteiger partial charge in [-0.15, -0.1) is 0 Å². The van der Waals surface area contributed by atoms with Crippen molar-refractivity contribution in [3.05, 3.63) is 24.3 Å². The van der Waals surface area contributed by atoms with Gasteiger partial charge >= 0.3 is 5.97 Å². The lowest BCUT2D eigenvalue weighted by atomic mass is 10.1. The molecule has 0 aliphatic carbocycles. The van der Waals surface area contributed by atoms with Gasteiger partial charge in [-0.3, -0.25) is 9.59 Å². The molecule has 0 aromatic heterocycles. The van der Waals surface area contributed by atoms with Crippen LogP contribution in [-0.2, 0) is 20.7 Å². The zero-order valence-corrected chi connectivity index (χ0v) is 16.3. The fraction of sp³-hybridized carbons (Fsp3) is 0.579. The van der Waals surface area contributed by atoms with Crippen LogP contribution >= 0.6 is 0 Å². The van der Waals surface area contributed by atoms with E-state index < -0.39 is 17.0 Å². The predicted octanol–water partition coefficient (Wildman–Crippen LogP) is 3.82. The predicted molar refractivity (Wildman–Crippen MR) is 105 cm³/mol. The molecule has 0 heterocycles. The second kappa shape index (κ2) is 14.2. The number of carboxylic acid groups (broad SMARTS) is 1. The molecule has 0 saturated heterocycles. The minimum Gasteiger partial charge on any atom is -0.491 e. The van der Waals surface area contributed by atoms with E-state index in [0.717, 1.165) is 25.7 Å². The third kappa shape index (κ3) is 12.1. The summed E-state index contributed by atoms with van der Waals surface area (Å²) in [5.74, 6) is -0.0200. The third-order valence-electron chi connectivity index (χ3n) is 3.93. The molecule has 1 aromatic carbocycles. The number of rotatable bonds is 15. The summed E-state index contributed by atoms with van der Waals surface area (Å²) in [6, 6.07) is 7.20. The molecule has 1 aromatic rings. The van der Waals surface area contributed by atoms with Crippen molar-refractivity contribution in [1.82, 2.24) is 0 Å². The maximum atomic E-state index is 12.1. The Hall–Kier alpha value is -1.93. The summed E-state index contributed by atoms with van der Waals surface area (Å²) in [6.07, 6.45) is 6.02. The van der Waals surface area contributed by atoms with Gasteiger partial charge in [-0.05, 0) is 37.8 Å². The minimum absolute atomic E-state index is 0.0766. The van der Waals surface area contributed by atoms with Gasteiger partial charge in [0.25, 0.3) is 0 Å². The summed E-state index contributed by atoms with van der Waals surface area (Å²) < 4.78 is 25.0. The smallest absolute Gasteiger partial charge is 0.303 e. The standard InChI is InChI=1S/C19H29NO6S/c21-18(12-4-2-1-3-5-13-19(22)23)20-16-10-6-7-11-17(16)26-14-8-9-15-27(24)25/h6-7,10-11H,1-5,8-9,12-15H2,(H,20,21)(H,22,23)(H,24,25). The second-order valence-corrected chi connectivity index (χ2v) is 7.34. The fourth-order valence-corrected chi connectivity index (χ4v) is 2.96. The molecule has 3 N–H and O–H groups in total. The molecule has 7 nitrogen and oxygen atoms in total. The zero-order valence-electron chi connectivity index (χ0n) is 15.5. The Labute approximate surface area is 162 Å². The summed E-state index contributed by atoms with van der Waals surface area (Å²) in [6.45, 7) is 0.417. The molecule has 0 fully saturated rings. The molecular formula is C19H29NO6S. The van der Waals surface area contributed by atoms with E-state index in [1.54, 1.807) is 12.1 Å². The third-order valence-corrected chi connectivity index (χ3v) is 4.56. The van der Waals surface area contributed by atoms with E-state index in [9.17, 15) is 13.8 Å². The van der Waals surface area contributed by atoms with E-state index in [0.29, 0.717) is 43.7 Å². The monoisotopic (exact) mass is 399 g/mol. The lowest BCUT2D eigenvalue weighted by molar-refractivity contribution is -0.137. The van der Waals surface area contributed by atoms with Crippen LogP contribution in [0.2, 0.25) is 0 Å². The number of para-hydroxylation sites is 2. The second-order valence-electron chi connectivity index (χ2n) is 6.29. The first kappa shape index (κ1) is 23.1. The van der Waals surface area contributed by atoms with Gasteiger partial charge < -0.3 is 19.7 Å². The topological polar surface area (TPSA) is 113 Å². The van der Waals surface area contributed by atoms with Crippen molar-refractivity contribution in [3.63, 3.8) is 0 Å². The fourth-order valence-electron chi connectivity index (χ4n) is 2.51. The number of hydrogen-bond donors (Lipinski definition) is 3. The van der Waals surface area contributed by atoms with Gasteiger partial charge in [0.15, 0.2) is 11.1 Å². The average molecular weight is 400 g/mol. The Balaban J connectivity index is 2.25. The van der Waals surface area contributed by atoms with Crippen molar-refractivity contribution in [1.29, 1.82) is 0 Å². The SMILES string of the molecule is O=C(O)CCCCCCCC(=O)Nc1ccccc1OCCCCS(=O)O. The number of nitrogens with one attached hydrogen (secondary N) is 1. The first-order valence-electron chi connectivity index (χ1n) is 9.30. The first-order valence-corrected chi connectivity index (χ1v) is 10.6. The molecule has 1 rings (SSSR count). The number of benzene rings is 1. The summed E-state index contributed by atoms with van der Waals surface area (Å²) in [4.78, 5) is 22.5. The highest BCUT2D eigenvalue weighted by atomic mass is 32.2. The molecule has 1 amide bonds. The van der Waals surface area contributed by atoms with Crippen LogP contribution in [0.15, 0.2) is 24.3 Å². The van der Waals surface area contributed by atoms with E-state index >= 15 is 0 Å². The van der Waals surface area contributed by atoms with Crippen LogP contribution in [0, 0.1) is 0 Å². The molecule has 1 atom stereocenters. The van der Waals surface area contributed by atoms with Crippen molar-refractivity contribution in [3.8, 4) is 5.75 Å². The molecule has 0 radical (unpaired) electrons. The molecular weight excluding hydrogens is 370 g/mol. The quantitative estimate of drug-likeness (QED) is 0.305. The maximum Gasteiger partial charge on any atom is 0.303 e. The van der Waals surface area contributed by atoms with Crippen LogP contribution in [0.1, 0.15) is 57.8 Å². The molecule has 1 unspecified atom stereocenters. The molecule has 0 saturated carbocycles. The summed E-state index contributed by atoms with van der Waals surface area (Å²) in [5.41, 5.74) is 0.620. The number of hydrogen-bond acceptors (Lipinski definition) is 4. The van der Waals surface area contributed by atoms with Crippen LogP contribution in [0.4, 0.5) is 5.69 Å². The highest BCUT2D eigenvalue weighted by Crippen LogP contribution is 2.24. The van der Waals surface area contributed by atoms with Gasteiger partial charge in [0.05, 0.1) is 12.3 Å². The normalized spacial score (nSPS) is 11.7. The van der Waals surface area contributed by atoms with E-state index in [1.807, 2.05) is 12.1 Å². The molecule has 0 aliphatic rings. The first-order chi connectivity index (χ1) is 13.0. The Morgan fingerprint density at radius 3 is 2.33 bits per heavy atom. The van der Waals surface area contributed by atoms with Gasteiger partial charge in [0.1, 0.15) is 5.75 Å². The van der Waals surface area contributed by atoms with Gasteiger partial charge in [-0.1, -0.05) is 31.4 Å². The van der Waals surface area contributed by atoms with Crippen molar-refractivity contribution in [2.24, 2.45) is 0 Å². The minimum atomic E-state index is -1.77. The number of unbranched alkanes of at least 4 members (excludes halogenated alkanes) is 5. The number of aliphatic carboxylic acids is 1. The lowest BCUT2D eigenvalue weighted by Crippen LogP contribution is -2.12. The number of carboxylic acids is 1. The van der Waals surface area contributed by atoms with Gasteiger partial charge in [0, 0.05) is 18.6 Å². The van der Waals surface area contributed by atoms with Crippen molar-refractivity contribution in [2.45, 2.75) is 57.8 Å². The molecule has 0 spiro atoms. The number of amides is 1. The Bertz CT molecular complexity index is 608. The van der Waals surface area contributed by atoms with Crippen molar-refractivity contribution in [2.75, 3.05) is 17.7 Å². The highest BCUT2D eigenvalue weighted by Gasteiger charge is 2.08. The Morgan fingerprint density at radius 2 is 1.63 bits per heavy atom. The Kier molecular flexibility index (Phi) is 12.1. The van der Waals surface area contributed by atoms with Crippen LogP contribution in [-0.4, -0.2) is 38.1 Å². The molecule has 27 heavy (non-hydrogen) atoms. The number of anilines is 1. The molecule has 152 valence electrons. The summed E-state index contributed by atoms with van der Waals surface area (Å²) in [7, 11) is 0. The average Bonchev–Trinajstić information content (AvgIpc) is 2.61. The number of carbonyl (C=O) groups is 2. The summed E-state index contributed by atoms with van der Waals surface area (Å²) >= 11 is -1.77. The Morgan fingerprint density at radius 1 is 0.963 bits per heavy atom. The van der Waals surface area contributed by atoms with Crippen LogP contribution in [0.5, 0.6) is 5.75 Å². The van der Waals surface area contributed by atoms with E-state index in [1.165, 1.54) is 0 Å². The zero-order chi connectivity index (χ0) is 19.9.